The molecule has 1 amide bonds. The summed E-state index contributed by atoms with van der Waals surface area (Å²) in [5, 5.41) is 0. The zero-order valence-electron chi connectivity index (χ0n) is 10.6. The van der Waals surface area contributed by atoms with E-state index < -0.39 is 5.79 Å². The Labute approximate surface area is 102 Å². The summed E-state index contributed by atoms with van der Waals surface area (Å²) >= 11 is 0. The van der Waals surface area contributed by atoms with Gasteiger partial charge in [0.05, 0.1) is 0 Å². The summed E-state index contributed by atoms with van der Waals surface area (Å²) < 4.78 is 16.2. The minimum atomic E-state index is -0.507. The van der Waals surface area contributed by atoms with Crippen molar-refractivity contribution in [2.24, 2.45) is 0 Å². The van der Waals surface area contributed by atoms with Gasteiger partial charge in [0.25, 0.3) is 5.91 Å². The van der Waals surface area contributed by atoms with Gasteiger partial charge in [-0.2, -0.15) is 0 Å². The first kappa shape index (κ1) is 12.8. The van der Waals surface area contributed by atoms with Gasteiger partial charge >= 0.3 is 0 Å². The Morgan fingerprint density at radius 3 is 2.41 bits per heavy atom. The van der Waals surface area contributed by atoms with Crippen LogP contribution in [0.3, 0.4) is 0 Å². The van der Waals surface area contributed by atoms with Crippen molar-refractivity contribution < 1.29 is 19.0 Å². The highest BCUT2D eigenvalue weighted by Gasteiger charge is 2.38. The van der Waals surface area contributed by atoms with Crippen LogP contribution in [0.1, 0.15) is 25.7 Å². The van der Waals surface area contributed by atoms with E-state index >= 15 is 0 Å². The van der Waals surface area contributed by atoms with Crippen molar-refractivity contribution in [3.63, 3.8) is 0 Å². The molecule has 0 aromatic rings. The van der Waals surface area contributed by atoms with Crippen molar-refractivity contribution in [2.75, 3.05) is 33.9 Å². The van der Waals surface area contributed by atoms with Gasteiger partial charge in [-0.25, -0.2) is 0 Å². The van der Waals surface area contributed by atoms with Crippen LogP contribution in [0.15, 0.2) is 0 Å². The van der Waals surface area contributed by atoms with E-state index in [1.807, 2.05) is 4.90 Å². The molecule has 0 N–H and O–H groups in total. The van der Waals surface area contributed by atoms with E-state index in [2.05, 4.69) is 0 Å². The molecule has 2 aliphatic heterocycles. The van der Waals surface area contributed by atoms with Gasteiger partial charge in [-0.1, -0.05) is 0 Å². The molecule has 0 spiro atoms. The van der Waals surface area contributed by atoms with Gasteiger partial charge < -0.3 is 19.1 Å². The molecule has 5 heteroatoms. The molecule has 5 nitrogen and oxygen atoms in total. The Balaban J connectivity index is 1.87. The molecule has 17 heavy (non-hydrogen) atoms. The van der Waals surface area contributed by atoms with E-state index in [-0.39, 0.29) is 12.0 Å². The first-order valence-electron chi connectivity index (χ1n) is 6.21. The highest BCUT2D eigenvalue weighted by molar-refractivity contribution is 5.81. The van der Waals surface area contributed by atoms with Gasteiger partial charge in [0.15, 0.2) is 5.79 Å². The molecular formula is C12H21NO4. The van der Waals surface area contributed by atoms with E-state index in [9.17, 15) is 4.79 Å². The number of hydrogen-bond acceptors (Lipinski definition) is 4. The molecule has 2 saturated heterocycles. The molecule has 2 fully saturated rings. The van der Waals surface area contributed by atoms with E-state index in [4.69, 9.17) is 14.2 Å². The lowest BCUT2D eigenvalue weighted by atomic mass is 10.0. The van der Waals surface area contributed by atoms with Gasteiger partial charge in [-0.05, 0) is 12.8 Å². The van der Waals surface area contributed by atoms with Crippen molar-refractivity contribution in [2.45, 2.75) is 37.6 Å². The van der Waals surface area contributed by atoms with Gasteiger partial charge in [0.1, 0.15) is 6.10 Å². The Morgan fingerprint density at radius 1 is 1.29 bits per heavy atom. The standard InChI is InChI=1S/C12H21NO4/c1-15-12(16-2)5-7-13(8-6-12)11(14)10-4-3-9-17-10/h10H,3-9H2,1-2H3. The largest absolute Gasteiger partial charge is 0.368 e. The molecule has 0 bridgehead atoms. The lowest BCUT2D eigenvalue weighted by Crippen LogP contribution is -2.50. The number of amides is 1. The third-order valence-corrected chi connectivity index (χ3v) is 3.79. The topological polar surface area (TPSA) is 48.0 Å². The molecule has 2 rings (SSSR count). The van der Waals surface area contributed by atoms with Crippen LogP contribution in [0, 0.1) is 0 Å². The van der Waals surface area contributed by atoms with Crippen LogP contribution in [0.25, 0.3) is 0 Å². The average molecular weight is 243 g/mol. The fourth-order valence-electron chi connectivity index (χ4n) is 2.54. The van der Waals surface area contributed by atoms with Crippen molar-refractivity contribution in [1.29, 1.82) is 0 Å². The van der Waals surface area contributed by atoms with Crippen molar-refractivity contribution >= 4 is 5.91 Å². The third kappa shape index (κ3) is 2.61. The zero-order chi connectivity index (χ0) is 12.3. The molecule has 1 atom stereocenters. The number of carbonyl (C=O) groups excluding carboxylic acids is 1. The van der Waals surface area contributed by atoms with E-state index in [1.54, 1.807) is 14.2 Å². The third-order valence-electron chi connectivity index (χ3n) is 3.79. The zero-order valence-corrected chi connectivity index (χ0v) is 10.6. The fourth-order valence-corrected chi connectivity index (χ4v) is 2.54. The Morgan fingerprint density at radius 2 is 1.94 bits per heavy atom. The van der Waals surface area contributed by atoms with Crippen molar-refractivity contribution in [1.82, 2.24) is 4.90 Å². The second-order valence-electron chi connectivity index (χ2n) is 4.65. The lowest BCUT2D eigenvalue weighted by Gasteiger charge is -2.40. The number of carbonyl (C=O) groups is 1. The summed E-state index contributed by atoms with van der Waals surface area (Å²) in [5.74, 6) is -0.379. The minimum Gasteiger partial charge on any atom is -0.368 e. The van der Waals surface area contributed by atoms with Crippen LogP contribution < -0.4 is 0 Å². The molecular weight excluding hydrogens is 222 g/mol. The molecule has 0 aromatic carbocycles. The predicted octanol–water partition coefficient (Wildman–Crippen LogP) is 0.777. The van der Waals surface area contributed by atoms with Crippen molar-refractivity contribution in [3.8, 4) is 0 Å². The van der Waals surface area contributed by atoms with E-state index in [0.29, 0.717) is 19.7 Å². The molecule has 0 aromatic heterocycles. The van der Waals surface area contributed by atoms with Crippen LogP contribution in [0.4, 0.5) is 0 Å². The number of methoxy groups -OCH3 is 2. The summed E-state index contributed by atoms with van der Waals surface area (Å²) in [6.07, 6.45) is 3.07. The maximum atomic E-state index is 12.1. The number of ether oxygens (including phenoxy) is 3. The van der Waals surface area contributed by atoms with Gasteiger partial charge in [0, 0.05) is 46.8 Å². The predicted molar refractivity (Wildman–Crippen MR) is 61.5 cm³/mol. The fraction of sp³-hybridized carbons (Fsp3) is 0.917. The second kappa shape index (κ2) is 5.33. The number of piperidine rings is 1. The number of nitrogens with zero attached hydrogens (tertiary/aromatic N) is 1. The number of likely N-dealkylation sites (tertiary alicyclic amines) is 1. The highest BCUT2D eigenvalue weighted by atomic mass is 16.7. The van der Waals surface area contributed by atoms with E-state index in [1.165, 1.54) is 0 Å². The van der Waals surface area contributed by atoms with Crippen molar-refractivity contribution in [3.05, 3.63) is 0 Å². The van der Waals surface area contributed by atoms with Crippen LogP contribution >= 0.6 is 0 Å². The maximum Gasteiger partial charge on any atom is 0.251 e. The number of rotatable bonds is 3. The van der Waals surface area contributed by atoms with Crippen LogP contribution in [-0.2, 0) is 19.0 Å². The molecule has 98 valence electrons. The van der Waals surface area contributed by atoms with Gasteiger partial charge in [0.2, 0.25) is 0 Å². The molecule has 1 unspecified atom stereocenters. The average Bonchev–Trinajstić information content (AvgIpc) is 2.92. The smallest absolute Gasteiger partial charge is 0.251 e. The quantitative estimate of drug-likeness (QED) is 0.687. The monoisotopic (exact) mass is 243 g/mol. The summed E-state index contributed by atoms with van der Waals surface area (Å²) in [5.41, 5.74) is 0. The van der Waals surface area contributed by atoms with Gasteiger partial charge in [-0.15, -0.1) is 0 Å². The number of hydrogen-bond donors (Lipinski definition) is 0. The molecule has 2 heterocycles. The highest BCUT2D eigenvalue weighted by Crippen LogP contribution is 2.27. The van der Waals surface area contributed by atoms with E-state index in [0.717, 1.165) is 25.7 Å². The summed E-state index contributed by atoms with van der Waals surface area (Å²) in [4.78, 5) is 14.0. The van der Waals surface area contributed by atoms with Crippen LogP contribution in [-0.4, -0.2) is 56.6 Å². The SMILES string of the molecule is COC1(OC)CCN(C(=O)C2CCCO2)CC1. The first-order chi connectivity index (χ1) is 8.21. The first-order valence-corrected chi connectivity index (χ1v) is 6.21. The second-order valence-corrected chi connectivity index (χ2v) is 4.65. The summed E-state index contributed by atoms with van der Waals surface area (Å²) in [6, 6.07) is 0. The molecule has 0 saturated carbocycles. The Hall–Kier alpha value is -0.650. The Bertz CT molecular complexity index is 262. The molecule has 2 aliphatic rings. The maximum absolute atomic E-state index is 12.1. The van der Waals surface area contributed by atoms with Crippen LogP contribution in [0.5, 0.6) is 0 Å². The molecule has 0 aliphatic carbocycles. The minimum absolute atomic E-state index is 0.128. The Kier molecular flexibility index (Phi) is 4.01. The van der Waals surface area contributed by atoms with Gasteiger partial charge in [-0.3, -0.25) is 4.79 Å². The lowest BCUT2D eigenvalue weighted by molar-refractivity contribution is -0.229. The summed E-state index contributed by atoms with van der Waals surface area (Å²) in [6.45, 7) is 2.07. The van der Waals surface area contributed by atoms with Crippen LogP contribution in [0.2, 0.25) is 0 Å². The molecule has 0 radical (unpaired) electrons. The normalized spacial score (nSPS) is 28.4. The summed E-state index contributed by atoms with van der Waals surface area (Å²) in [7, 11) is 3.31.